The zero-order valence-electron chi connectivity index (χ0n) is 27.3. The molecule has 8 atom stereocenters. The van der Waals surface area contributed by atoms with Gasteiger partial charge in [-0.2, -0.15) is 0 Å². The van der Waals surface area contributed by atoms with E-state index in [1.807, 2.05) is 36.4 Å². The van der Waals surface area contributed by atoms with E-state index in [0.29, 0.717) is 31.6 Å². The minimum absolute atomic E-state index is 0.00928. The van der Waals surface area contributed by atoms with Crippen molar-refractivity contribution in [2.45, 2.75) is 73.8 Å². The molecule has 1 aliphatic heterocycles. The van der Waals surface area contributed by atoms with E-state index in [9.17, 15) is 25.2 Å². The number of phenols is 3. The minimum atomic E-state index is -1.31. The molecule has 2 saturated carbocycles. The Morgan fingerprint density at radius 1 is 0.958 bits per heavy atom. The zero-order valence-corrected chi connectivity index (χ0v) is 27.3. The van der Waals surface area contributed by atoms with Gasteiger partial charge in [0.15, 0.2) is 23.0 Å². The van der Waals surface area contributed by atoms with Crippen molar-refractivity contribution in [2.24, 2.45) is 23.7 Å². The number of rotatable bonds is 4. The van der Waals surface area contributed by atoms with E-state index in [1.165, 1.54) is 7.11 Å². The van der Waals surface area contributed by atoms with Gasteiger partial charge < -0.3 is 30.5 Å². The summed E-state index contributed by atoms with van der Waals surface area (Å²) in [5.74, 6) is 6.44. The van der Waals surface area contributed by atoms with Crippen LogP contribution in [0.1, 0.15) is 73.1 Å². The third kappa shape index (κ3) is 4.60. The number of carbonyl (C=O) groups is 1. The van der Waals surface area contributed by atoms with Gasteiger partial charge in [-0.3, -0.25) is 4.79 Å². The first-order chi connectivity index (χ1) is 23.2. The fourth-order valence-corrected chi connectivity index (χ4v) is 10.7. The van der Waals surface area contributed by atoms with Crippen LogP contribution >= 0.6 is 0 Å². The molecule has 3 aromatic carbocycles. The van der Waals surface area contributed by atoms with Crippen molar-refractivity contribution in [3.05, 3.63) is 89.0 Å². The fraction of sp³-hybridized carbons (Fsp3) is 0.439. The van der Waals surface area contributed by atoms with Gasteiger partial charge in [0.2, 0.25) is 0 Å². The summed E-state index contributed by atoms with van der Waals surface area (Å²) in [6.45, 7) is 0.599. The van der Waals surface area contributed by atoms with Crippen LogP contribution in [-0.2, 0) is 16.6 Å². The lowest BCUT2D eigenvalue weighted by Crippen LogP contribution is -2.80. The maximum absolute atomic E-state index is 14.4. The molecule has 2 bridgehead atoms. The number of phenolic OH excluding ortho intramolecular Hbond substituents is 3. The molecule has 0 aromatic heterocycles. The van der Waals surface area contributed by atoms with E-state index >= 15 is 0 Å². The number of ketones is 1. The molecule has 1 saturated heterocycles. The lowest BCUT2D eigenvalue weighted by molar-refractivity contribution is -0.186. The molecule has 1 heterocycles. The number of allylic oxidation sites excluding steroid dienone is 1. The summed E-state index contributed by atoms with van der Waals surface area (Å²) in [4.78, 5) is 14.4. The summed E-state index contributed by atoms with van der Waals surface area (Å²) in [5, 5.41) is 48.9. The average molecular weight is 646 g/mol. The predicted octanol–water partition coefficient (Wildman–Crippen LogP) is 5.99. The van der Waals surface area contributed by atoms with E-state index in [1.54, 1.807) is 18.2 Å². The number of piperidine rings is 1. The third-order valence-electron chi connectivity index (χ3n) is 12.5. The van der Waals surface area contributed by atoms with Crippen molar-refractivity contribution in [3.63, 3.8) is 0 Å². The molecule has 0 unspecified atom stereocenters. The summed E-state index contributed by atoms with van der Waals surface area (Å²) in [6.07, 6.45) is 9.24. The maximum Gasteiger partial charge on any atom is 0.160 e. The van der Waals surface area contributed by atoms with Gasteiger partial charge in [0.25, 0.3) is 0 Å². The van der Waals surface area contributed by atoms with Crippen LogP contribution in [0.25, 0.3) is 6.08 Å². The quantitative estimate of drug-likeness (QED) is 0.175. The van der Waals surface area contributed by atoms with Gasteiger partial charge in [-0.15, -0.1) is 0 Å². The van der Waals surface area contributed by atoms with Crippen molar-refractivity contribution in [2.75, 3.05) is 13.7 Å². The number of hydrogen-bond acceptors (Lipinski definition) is 7. The summed E-state index contributed by atoms with van der Waals surface area (Å²) in [5.41, 5.74) is 1.51. The molecule has 3 aromatic rings. The predicted molar refractivity (Wildman–Crippen MR) is 183 cm³/mol. The number of nitrogens with one attached hydrogen (secondary N) is 1. The standard InChI is InChI=1S/C41H43NO6/c1-48-37-20-27(12-14-34(37)44)32-21-31(43)23-39(47)16-17-40-15-5-8-30-13-11-28-19-35(45)36(46)22-33(28)41(30,40)38(39)29(24-42-40)10-9-26(32)18-25-6-3-2-4-7-25/h2-4,6-7,11-14,19-20,22,26,29-30,32,38,42,44-47H,5,8,15-18,21,23-24H2,1H3/t26-,29-,30-,32-,38+,39+,40-,41-/m1/s1. The number of aliphatic hydroxyl groups is 1. The minimum Gasteiger partial charge on any atom is -0.504 e. The molecule has 48 heavy (non-hydrogen) atoms. The van der Waals surface area contributed by atoms with Gasteiger partial charge in [-0.1, -0.05) is 66.8 Å². The molecule has 8 rings (SSSR count). The van der Waals surface area contributed by atoms with Crippen molar-refractivity contribution in [1.82, 2.24) is 5.32 Å². The van der Waals surface area contributed by atoms with Crippen LogP contribution in [0.4, 0.5) is 0 Å². The molecule has 1 spiro atoms. The van der Waals surface area contributed by atoms with Gasteiger partial charge in [0.1, 0.15) is 5.78 Å². The average Bonchev–Trinajstić information content (AvgIpc) is 3.08. The Labute approximate surface area is 281 Å². The molecule has 4 aliphatic carbocycles. The molecule has 5 aliphatic rings. The Morgan fingerprint density at radius 2 is 1.77 bits per heavy atom. The van der Waals surface area contributed by atoms with Crippen molar-refractivity contribution >= 4 is 11.9 Å². The smallest absolute Gasteiger partial charge is 0.160 e. The van der Waals surface area contributed by atoms with E-state index < -0.39 is 11.0 Å². The Kier molecular flexibility index (Phi) is 7.39. The number of Topliss-reactive ketones (excluding diaryl/α,β-unsaturated/α-hetero) is 1. The monoisotopic (exact) mass is 645 g/mol. The van der Waals surface area contributed by atoms with Crippen LogP contribution in [0, 0.1) is 35.5 Å². The zero-order chi connectivity index (χ0) is 33.3. The molecular formula is C41H43NO6. The maximum atomic E-state index is 14.4. The van der Waals surface area contributed by atoms with Gasteiger partial charge in [-0.05, 0) is 84.5 Å². The summed E-state index contributed by atoms with van der Waals surface area (Å²) in [7, 11) is 1.52. The molecule has 0 radical (unpaired) electrons. The summed E-state index contributed by atoms with van der Waals surface area (Å²) < 4.78 is 5.47. The Balaban J connectivity index is 1.32. The number of benzene rings is 3. The van der Waals surface area contributed by atoms with E-state index in [2.05, 4.69) is 35.4 Å². The molecule has 248 valence electrons. The second-order valence-corrected chi connectivity index (χ2v) is 14.8. The first kappa shape index (κ1) is 31.0. The number of ether oxygens (including phenoxy) is 1. The number of methoxy groups -OCH3 is 1. The van der Waals surface area contributed by atoms with Crippen LogP contribution in [0.5, 0.6) is 23.0 Å². The van der Waals surface area contributed by atoms with Gasteiger partial charge in [-0.25, -0.2) is 0 Å². The number of hydrogen-bond donors (Lipinski definition) is 5. The van der Waals surface area contributed by atoms with E-state index in [-0.39, 0.29) is 71.0 Å². The van der Waals surface area contributed by atoms with E-state index in [4.69, 9.17) is 4.74 Å². The normalized spacial score (nSPS) is 34.9. The topological polar surface area (TPSA) is 119 Å². The number of aromatic hydroxyl groups is 3. The molecule has 5 N–H and O–H groups in total. The highest BCUT2D eigenvalue weighted by Crippen LogP contribution is 2.68. The highest BCUT2D eigenvalue weighted by Gasteiger charge is 2.72. The molecular weight excluding hydrogens is 602 g/mol. The van der Waals surface area contributed by atoms with Gasteiger partial charge >= 0.3 is 0 Å². The highest BCUT2D eigenvalue weighted by atomic mass is 16.5. The highest BCUT2D eigenvalue weighted by molar-refractivity contribution is 5.81. The fourth-order valence-electron chi connectivity index (χ4n) is 10.7. The third-order valence-corrected chi connectivity index (χ3v) is 12.5. The summed E-state index contributed by atoms with van der Waals surface area (Å²) in [6, 6.07) is 18.8. The summed E-state index contributed by atoms with van der Waals surface area (Å²) >= 11 is 0. The van der Waals surface area contributed by atoms with Crippen LogP contribution in [0.3, 0.4) is 0 Å². The van der Waals surface area contributed by atoms with Gasteiger partial charge in [0, 0.05) is 54.0 Å². The van der Waals surface area contributed by atoms with Crippen LogP contribution in [0.15, 0.2) is 66.7 Å². The van der Waals surface area contributed by atoms with Crippen molar-refractivity contribution in [3.8, 4) is 34.8 Å². The van der Waals surface area contributed by atoms with Crippen LogP contribution < -0.4 is 10.1 Å². The Bertz CT molecular complexity index is 1860. The number of carbonyl (C=O) groups excluding carboxylic acids is 1. The van der Waals surface area contributed by atoms with E-state index in [0.717, 1.165) is 41.5 Å². The van der Waals surface area contributed by atoms with Crippen LogP contribution in [0.2, 0.25) is 0 Å². The lowest BCUT2D eigenvalue weighted by atomic mass is 9.36. The SMILES string of the molecule is COc1cc([C@@H]2CC(=O)C[C@@]3(O)CC[C@]45CCC[C@@H]6C=Cc7cc(O)c(O)cc7[C@@]64[C@H]3[C@H](C#C[C@@H]2Cc2ccccc2)CN5)ccc1O. The van der Waals surface area contributed by atoms with Gasteiger partial charge in [0.05, 0.1) is 12.7 Å². The van der Waals surface area contributed by atoms with Crippen LogP contribution in [-0.4, -0.2) is 51.0 Å². The lowest BCUT2D eigenvalue weighted by Gasteiger charge is -2.71. The first-order valence-corrected chi connectivity index (χ1v) is 17.3. The molecule has 7 nitrogen and oxygen atoms in total. The van der Waals surface area contributed by atoms with Crippen molar-refractivity contribution < 1.29 is 30.0 Å². The second-order valence-electron chi connectivity index (χ2n) is 14.8. The van der Waals surface area contributed by atoms with Crippen molar-refractivity contribution in [1.29, 1.82) is 0 Å². The number of fused-ring (bicyclic) bond motifs is 1. The molecule has 3 fully saturated rings. The Hall–Kier alpha value is -4.25. The Morgan fingerprint density at radius 3 is 2.58 bits per heavy atom. The molecule has 7 heteroatoms. The first-order valence-electron chi connectivity index (χ1n) is 17.3. The largest absolute Gasteiger partial charge is 0.504 e. The molecule has 0 amide bonds. The second kappa shape index (κ2) is 11.4.